The van der Waals surface area contributed by atoms with Gasteiger partial charge in [0.15, 0.2) is 0 Å². The molecule has 0 saturated heterocycles. The summed E-state index contributed by atoms with van der Waals surface area (Å²) >= 11 is 1.79. The summed E-state index contributed by atoms with van der Waals surface area (Å²) in [5.74, 6) is 0.805. The van der Waals surface area contributed by atoms with E-state index < -0.39 is 0 Å². The van der Waals surface area contributed by atoms with E-state index in [1.54, 1.807) is 11.3 Å². The second-order valence-electron chi connectivity index (χ2n) is 5.22. The third kappa shape index (κ3) is 2.23. The van der Waals surface area contributed by atoms with Crippen LogP contribution in [0.25, 0.3) is 0 Å². The van der Waals surface area contributed by atoms with E-state index in [0.29, 0.717) is 0 Å². The van der Waals surface area contributed by atoms with Crippen molar-refractivity contribution in [3.63, 3.8) is 0 Å². The molecule has 1 atom stereocenters. The maximum atomic E-state index is 6.31. The van der Waals surface area contributed by atoms with Crippen molar-refractivity contribution >= 4 is 11.3 Å². The number of aryl methyl sites for hydroxylation is 1. The topological polar surface area (TPSA) is 26.0 Å². The minimum atomic E-state index is 0.0270. The van der Waals surface area contributed by atoms with Gasteiger partial charge in [-0.1, -0.05) is 30.7 Å². The molecule has 18 heavy (non-hydrogen) atoms. The first-order valence-corrected chi connectivity index (χ1v) is 7.47. The predicted octanol–water partition coefficient (Wildman–Crippen LogP) is 4.37. The summed E-state index contributed by atoms with van der Waals surface area (Å²) in [6.45, 7) is 2.13. The lowest BCUT2D eigenvalue weighted by atomic mass is 9.80. The number of benzene rings is 1. The molecule has 0 spiro atoms. The second kappa shape index (κ2) is 4.87. The maximum Gasteiger partial charge on any atom is 0.0646 e. The Hall–Kier alpha value is -1.12. The minimum absolute atomic E-state index is 0.0270. The van der Waals surface area contributed by atoms with Crippen molar-refractivity contribution < 1.29 is 0 Å². The van der Waals surface area contributed by atoms with Crippen LogP contribution in [0.1, 0.15) is 52.1 Å². The molecule has 1 nitrogen and oxygen atoms in total. The summed E-state index contributed by atoms with van der Waals surface area (Å²) in [4.78, 5) is 2.58. The molecule has 0 bridgehead atoms. The first-order chi connectivity index (χ1) is 8.74. The van der Waals surface area contributed by atoms with Crippen molar-refractivity contribution in [3.8, 4) is 0 Å². The van der Waals surface area contributed by atoms with Crippen molar-refractivity contribution in [2.75, 3.05) is 0 Å². The molecule has 94 valence electrons. The molecule has 3 rings (SSSR count). The van der Waals surface area contributed by atoms with Crippen LogP contribution in [0.15, 0.2) is 36.4 Å². The quantitative estimate of drug-likeness (QED) is 0.868. The van der Waals surface area contributed by atoms with Crippen molar-refractivity contribution in [2.24, 2.45) is 5.73 Å². The van der Waals surface area contributed by atoms with Gasteiger partial charge >= 0.3 is 0 Å². The van der Waals surface area contributed by atoms with Crippen LogP contribution >= 0.6 is 11.3 Å². The Morgan fingerprint density at radius 1 is 1.11 bits per heavy atom. The van der Waals surface area contributed by atoms with Crippen LogP contribution < -0.4 is 5.73 Å². The van der Waals surface area contributed by atoms with E-state index in [1.807, 2.05) is 0 Å². The van der Waals surface area contributed by atoms with Gasteiger partial charge in [0.25, 0.3) is 0 Å². The molecular weight excluding hydrogens is 238 g/mol. The Bertz CT molecular complexity index is 522. The molecule has 1 fully saturated rings. The predicted molar refractivity (Wildman–Crippen MR) is 78.1 cm³/mol. The summed E-state index contributed by atoms with van der Waals surface area (Å²) in [6, 6.07) is 13.2. The molecule has 0 aliphatic heterocycles. The molecule has 0 radical (unpaired) electrons. The first kappa shape index (κ1) is 11.9. The second-order valence-corrected chi connectivity index (χ2v) is 6.54. The van der Waals surface area contributed by atoms with Crippen molar-refractivity contribution in [2.45, 2.75) is 38.1 Å². The van der Waals surface area contributed by atoms with Gasteiger partial charge in [-0.15, -0.1) is 11.3 Å². The van der Waals surface area contributed by atoms with Crippen LogP contribution in [0.5, 0.6) is 0 Å². The molecule has 1 aliphatic carbocycles. The van der Waals surface area contributed by atoms with Gasteiger partial charge < -0.3 is 5.73 Å². The molecule has 1 aromatic heterocycles. The summed E-state index contributed by atoms with van der Waals surface area (Å²) in [6.07, 6.45) is 4.10. The average Bonchev–Trinajstić information content (AvgIpc) is 2.74. The normalized spacial score (nSPS) is 17.4. The maximum absolute atomic E-state index is 6.31. The Kier molecular flexibility index (Phi) is 3.23. The van der Waals surface area contributed by atoms with Crippen LogP contribution in [0.2, 0.25) is 0 Å². The first-order valence-electron chi connectivity index (χ1n) is 6.66. The van der Waals surface area contributed by atoms with E-state index in [0.717, 1.165) is 5.92 Å². The highest BCUT2D eigenvalue weighted by atomic mass is 32.1. The highest BCUT2D eigenvalue weighted by molar-refractivity contribution is 7.12. The SMILES string of the molecule is Cc1ccc(C(N)c2ccc(C3CCC3)cc2)s1. The molecule has 1 unspecified atom stereocenters. The van der Waals surface area contributed by atoms with Gasteiger partial charge in [-0.05, 0) is 48.9 Å². The zero-order valence-electron chi connectivity index (χ0n) is 10.7. The van der Waals surface area contributed by atoms with Crippen molar-refractivity contribution in [3.05, 3.63) is 57.3 Å². The Morgan fingerprint density at radius 3 is 2.33 bits per heavy atom. The van der Waals surface area contributed by atoms with Crippen LogP contribution in [0, 0.1) is 6.92 Å². The van der Waals surface area contributed by atoms with Crippen LogP contribution in [-0.2, 0) is 0 Å². The fraction of sp³-hybridized carbons (Fsp3) is 0.375. The Labute approximate surface area is 113 Å². The zero-order chi connectivity index (χ0) is 12.5. The van der Waals surface area contributed by atoms with E-state index >= 15 is 0 Å². The summed E-state index contributed by atoms with van der Waals surface area (Å²) in [7, 11) is 0. The van der Waals surface area contributed by atoms with E-state index in [4.69, 9.17) is 5.73 Å². The highest BCUT2D eigenvalue weighted by Gasteiger charge is 2.19. The van der Waals surface area contributed by atoms with Crippen molar-refractivity contribution in [1.82, 2.24) is 0 Å². The molecule has 2 aromatic rings. The highest BCUT2D eigenvalue weighted by Crippen LogP contribution is 2.36. The van der Waals surface area contributed by atoms with Crippen LogP contribution in [0.3, 0.4) is 0 Å². The van der Waals surface area contributed by atoms with Gasteiger partial charge in [-0.2, -0.15) is 0 Å². The lowest BCUT2D eigenvalue weighted by Gasteiger charge is -2.26. The van der Waals surface area contributed by atoms with Crippen molar-refractivity contribution in [1.29, 1.82) is 0 Å². The minimum Gasteiger partial charge on any atom is -0.320 e. The zero-order valence-corrected chi connectivity index (χ0v) is 11.5. The number of rotatable bonds is 3. The van der Waals surface area contributed by atoms with Gasteiger partial charge in [0.1, 0.15) is 0 Å². The number of hydrogen-bond acceptors (Lipinski definition) is 2. The van der Waals surface area contributed by atoms with Crippen LogP contribution in [-0.4, -0.2) is 0 Å². The molecule has 2 heteroatoms. The number of hydrogen-bond donors (Lipinski definition) is 1. The lowest BCUT2D eigenvalue weighted by molar-refractivity contribution is 0.419. The fourth-order valence-electron chi connectivity index (χ4n) is 2.50. The third-order valence-electron chi connectivity index (χ3n) is 3.94. The Morgan fingerprint density at radius 2 is 1.83 bits per heavy atom. The molecule has 1 aliphatic rings. The van der Waals surface area contributed by atoms with Gasteiger partial charge in [-0.3, -0.25) is 0 Å². The standard InChI is InChI=1S/C16H19NS/c1-11-5-10-15(18-11)16(17)14-8-6-13(7-9-14)12-3-2-4-12/h5-10,12,16H,2-4,17H2,1H3. The van der Waals surface area contributed by atoms with Gasteiger partial charge in [0.05, 0.1) is 6.04 Å². The molecule has 0 amide bonds. The molecule has 2 N–H and O–H groups in total. The summed E-state index contributed by atoms with van der Waals surface area (Å²) < 4.78 is 0. The van der Waals surface area contributed by atoms with E-state index in [-0.39, 0.29) is 6.04 Å². The summed E-state index contributed by atoms with van der Waals surface area (Å²) in [5, 5.41) is 0. The largest absolute Gasteiger partial charge is 0.320 e. The smallest absolute Gasteiger partial charge is 0.0646 e. The molecular formula is C16H19NS. The number of nitrogens with two attached hydrogens (primary N) is 1. The fourth-order valence-corrected chi connectivity index (χ4v) is 3.41. The number of thiophene rings is 1. The van der Waals surface area contributed by atoms with Gasteiger partial charge in [0.2, 0.25) is 0 Å². The average molecular weight is 257 g/mol. The lowest BCUT2D eigenvalue weighted by Crippen LogP contribution is -2.12. The van der Waals surface area contributed by atoms with E-state index in [2.05, 4.69) is 43.3 Å². The Balaban J connectivity index is 1.79. The van der Waals surface area contributed by atoms with Crippen LogP contribution in [0.4, 0.5) is 0 Å². The third-order valence-corrected chi connectivity index (χ3v) is 5.02. The molecule has 1 heterocycles. The summed E-state index contributed by atoms with van der Waals surface area (Å²) in [5.41, 5.74) is 9.02. The molecule has 1 saturated carbocycles. The molecule has 1 aromatic carbocycles. The van der Waals surface area contributed by atoms with Gasteiger partial charge in [0, 0.05) is 9.75 Å². The van der Waals surface area contributed by atoms with E-state index in [1.165, 1.54) is 40.1 Å². The van der Waals surface area contributed by atoms with E-state index in [9.17, 15) is 0 Å². The van der Waals surface area contributed by atoms with Gasteiger partial charge in [-0.25, -0.2) is 0 Å². The monoisotopic (exact) mass is 257 g/mol.